The second-order valence-electron chi connectivity index (χ2n) is 3.89. The van der Waals surface area contributed by atoms with Crippen LogP contribution in [0.5, 0.6) is 0 Å². The summed E-state index contributed by atoms with van der Waals surface area (Å²) in [5.74, 6) is -0.195. The van der Waals surface area contributed by atoms with Crippen molar-refractivity contribution in [1.82, 2.24) is 20.1 Å². The van der Waals surface area contributed by atoms with E-state index >= 15 is 0 Å². The molecule has 1 amide bonds. The third-order valence-electron chi connectivity index (χ3n) is 2.49. The van der Waals surface area contributed by atoms with Crippen LogP contribution in [0.1, 0.15) is 16.6 Å². The smallest absolute Gasteiger partial charge is 0.241 e. The number of nitrogens with two attached hydrogens (primary N) is 1. The summed E-state index contributed by atoms with van der Waals surface area (Å²) >= 11 is 1.58. The van der Waals surface area contributed by atoms with E-state index in [9.17, 15) is 4.79 Å². The maximum Gasteiger partial charge on any atom is 0.241 e. The predicted molar refractivity (Wildman–Crippen MR) is 69.0 cm³/mol. The number of nitrogens with one attached hydrogen (secondary N) is 1. The van der Waals surface area contributed by atoms with Crippen molar-refractivity contribution in [1.29, 1.82) is 0 Å². The second-order valence-corrected chi connectivity index (χ2v) is 4.87. The van der Waals surface area contributed by atoms with E-state index in [0.717, 1.165) is 11.4 Å². The van der Waals surface area contributed by atoms with Crippen LogP contribution in [0.2, 0.25) is 0 Å². The molecule has 0 aromatic carbocycles. The number of hydrogen-bond acceptors (Lipinski definition) is 5. The van der Waals surface area contributed by atoms with Crippen LogP contribution in [0.3, 0.4) is 0 Å². The lowest BCUT2D eigenvalue weighted by molar-refractivity contribution is -0.122. The Hall–Kier alpha value is -1.73. The molecule has 1 atom stereocenters. The van der Waals surface area contributed by atoms with Gasteiger partial charge >= 0.3 is 0 Å². The van der Waals surface area contributed by atoms with Gasteiger partial charge in [0.15, 0.2) is 0 Å². The number of thiazole rings is 1. The molecule has 2 aromatic heterocycles. The predicted octanol–water partition coefficient (Wildman–Crippen LogP) is 0.235. The zero-order chi connectivity index (χ0) is 13.0. The average Bonchev–Trinajstić information content (AvgIpc) is 2.99. The van der Waals surface area contributed by atoms with Crippen LogP contribution in [0.4, 0.5) is 0 Å². The highest BCUT2D eigenvalue weighted by Crippen LogP contribution is 2.08. The number of carbonyl (C=O) groups is 1. The monoisotopic (exact) mass is 265 g/mol. The third kappa shape index (κ3) is 3.14. The molecule has 2 aromatic rings. The molecule has 3 N–H and O–H groups in total. The van der Waals surface area contributed by atoms with Crippen molar-refractivity contribution in [2.75, 3.05) is 6.54 Å². The van der Waals surface area contributed by atoms with E-state index in [-0.39, 0.29) is 5.91 Å². The van der Waals surface area contributed by atoms with E-state index in [1.807, 2.05) is 5.38 Å². The summed E-state index contributed by atoms with van der Waals surface area (Å²) in [6.07, 6.45) is 5.82. The van der Waals surface area contributed by atoms with Gasteiger partial charge in [0.25, 0.3) is 0 Å². The molecule has 2 heterocycles. The van der Waals surface area contributed by atoms with Gasteiger partial charge in [-0.25, -0.2) is 4.98 Å². The minimum atomic E-state index is -0.671. The molecule has 0 spiro atoms. The van der Waals surface area contributed by atoms with Gasteiger partial charge in [-0.1, -0.05) is 0 Å². The summed E-state index contributed by atoms with van der Waals surface area (Å²) in [5.41, 5.74) is 6.55. The van der Waals surface area contributed by atoms with Crippen molar-refractivity contribution in [3.63, 3.8) is 0 Å². The van der Waals surface area contributed by atoms with Gasteiger partial charge in [-0.05, 0) is 0 Å². The van der Waals surface area contributed by atoms with Crippen molar-refractivity contribution in [2.45, 2.75) is 12.5 Å². The number of aryl methyl sites for hydroxylation is 1. The second kappa shape index (κ2) is 5.74. The largest absolute Gasteiger partial charge is 0.354 e. The van der Waals surface area contributed by atoms with Crippen LogP contribution in [0, 0.1) is 0 Å². The van der Waals surface area contributed by atoms with Crippen molar-refractivity contribution >= 4 is 17.2 Å². The number of hydrogen-bond donors (Lipinski definition) is 2. The van der Waals surface area contributed by atoms with Crippen LogP contribution in [0.15, 0.2) is 24.0 Å². The molecule has 0 saturated heterocycles. The highest BCUT2D eigenvalue weighted by molar-refractivity contribution is 7.09. The fourth-order valence-corrected chi connectivity index (χ4v) is 2.15. The Balaban J connectivity index is 1.81. The normalized spacial score (nSPS) is 12.3. The Morgan fingerprint density at radius 3 is 3.11 bits per heavy atom. The van der Waals surface area contributed by atoms with Gasteiger partial charge in [0.05, 0.1) is 11.2 Å². The average molecular weight is 265 g/mol. The van der Waals surface area contributed by atoms with E-state index in [4.69, 9.17) is 5.73 Å². The minimum absolute atomic E-state index is 0.195. The van der Waals surface area contributed by atoms with Gasteiger partial charge in [-0.15, -0.1) is 11.3 Å². The molecule has 0 fully saturated rings. The lowest BCUT2D eigenvalue weighted by atomic mass is 10.1. The van der Waals surface area contributed by atoms with Gasteiger partial charge in [0.2, 0.25) is 5.91 Å². The van der Waals surface area contributed by atoms with E-state index in [1.165, 1.54) is 0 Å². The molecule has 1 unspecified atom stereocenters. The molecule has 0 saturated carbocycles. The SMILES string of the molecule is Cn1cc(C(N)C(=O)NCCc2nccs2)cn1. The number of amides is 1. The van der Waals surface area contributed by atoms with E-state index in [2.05, 4.69) is 15.4 Å². The Kier molecular flexibility index (Phi) is 4.06. The molecule has 6 nitrogen and oxygen atoms in total. The summed E-state index contributed by atoms with van der Waals surface area (Å²) in [5, 5.41) is 9.70. The molecule has 0 radical (unpaired) electrons. The lowest BCUT2D eigenvalue weighted by Gasteiger charge is -2.09. The molecule has 2 rings (SSSR count). The van der Waals surface area contributed by atoms with Crippen LogP contribution >= 0.6 is 11.3 Å². The first-order chi connectivity index (χ1) is 8.66. The zero-order valence-corrected chi connectivity index (χ0v) is 10.9. The first kappa shape index (κ1) is 12.7. The third-order valence-corrected chi connectivity index (χ3v) is 3.33. The maximum absolute atomic E-state index is 11.8. The number of rotatable bonds is 5. The molecule has 0 aliphatic carbocycles. The Morgan fingerprint density at radius 2 is 2.50 bits per heavy atom. The molecular weight excluding hydrogens is 250 g/mol. The Morgan fingerprint density at radius 1 is 1.67 bits per heavy atom. The number of aromatic nitrogens is 3. The number of nitrogens with zero attached hydrogens (tertiary/aromatic N) is 3. The Bertz CT molecular complexity index is 507. The molecule has 0 aliphatic heterocycles. The summed E-state index contributed by atoms with van der Waals surface area (Å²) in [6.45, 7) is 0.542. The van der Waals surface area contributed by atoms with Crippen LogP contribution < -0.4 is 11.1 Å². The zero-order valence-electron chi connectivity index (χ0n) is 10.0. The van der Waals surface area contributed by atoms with Crippen LogP contribution in [0.25, 0.3) is 0 Å². The lowest BCUT2D eigenvalue weighted by Crippen LogP contribution is -2.35. The standard InChI is InChI=1S/C11H15N5OS/c1-16-7-8(6-15-16)10(12)11(17)14-3-2-9-13-4-5-18-9/h4-7,10H,2-3,12H2,1H3,(H,14,17). The first-order valence-electron chi connectivity index (χ1n) is 5.57. The first-order valence-corrected chi connectivity index (χ1v) is 6.45. The molecule has 0 bridgehead atoms. The fraction of sp³-hybridized carbons (Fsp3) is 0.364. The molecule has 0 aliphatic rings. The number of carbonyl (C=O) groups excluding carboxylic acids is 1. The molecule has 18 heavy (non-hydrogen) atoms. The molecule has 96 valence electrons. The van der Waals surface area contributed by atoms with Gasteiger partial charge in [0, 0.05) is 43.4 Å². The van der Waals surface area contributed by atoms with Gasteiger partial charge in [0.1, 0.15) is 6.04 Å². The van der Waals surface area contributed by atoms with E-state index < -0.39 is 6.04 Å². The highest BCUT2D eigenvalue weighted by Gasteiger charge is 2.16. The summed E-state index contributed by atoms with van der Waals surface area (Å²) in [4.78, 5) is 15.9. The van der Waals surface area contributed by atoms with Gasteiger partial charge in [-0.3, -0.25) is 9.48 Å². The van der Waals surface area contributed by atoms with Gasteiger partial charge in [-0.2, -0.15) is 5.10 Å². The topological polar surface area (TPSA) is 85.8 Å². The summed E-state index contributed by atoms with van der Waals surface area (Å²) < 4.78 is 1.62. The van der Waals surface area contributed by atoms with Crippen molar-refractivity contribution in [3.05, 3.63) is 34.5 Å². The van der Waals surface area contributed by atoms with Crippen molar-refractivity contribution < 1.29 is 4.79 Å². The van der Waals surface area contributed by atoms with Crippen molar-refractivity contribution in [3.8, 4) is 0 Å². The van der Waals surface area contributed by atoms with Crippen LogP contribution in [-0.4, -0.2) is 27.2 Å². The quantitative estimate of drug-likeness (QED) is 0.810. The van der Waals surface area contributed by atoms with Crippen LogP contribution in [-0.2, 0) is 18.3 Å². The summed E-state index contributed by atoms with van der Waals surface area (Å²) in [6, 6.07) is -0.671. The Labute approximate surface area is 109 Å². The molecule has 7 heteroatoms. The maximum atomic E-state index is 11.8. The van der Waals surface area contributed by atoms with E-state index in [1.54, 1.807) is 41.7 Å². The van der Waals surface area contributed by atoms with Crippen molar-refractivity contribution in [2.24, 2.45) is 12.8 Å². The van der Waals surface area contributed by atoms with E-state index in [0.29, 0.717) is 12.1 Å². The fourth-order valence-electron chi connectivity index (χ4n) is 1.53. The highest BCUT2D eigenvalue weighted by atomic mass is 32.1. The van der Waals surface area contributed by atoms with Gasteiger partial charge < -0.3 is 11.1 Å². The molecular formula is C11H15N5OS. The summed E-state index contributed by atoms with van der Waals surface area (Å²) in [7, 11) is 1.79. The minimum Gasteiger partial charge on any atom is -0.354 e.